The van der Waals surface area contributed by atoms with E-state index in [0.717, 1.165) is 18.4 Å². The smallest absolute Gasteiger partial charge is 0.313 e. The van der Waals surface area contributed by atoms with Crippen molar-refractivity contribution in [1.29, 1.82) is 0 Å². The fourth-order valence-electron chi connectivity index (χ4n) is 4.83. The highest BCUT2D eigenvalue weighted by atomic mass is 16.5. The molecule has 0 aliphatic heterocycles. The predicted molar refractivity (Wildman–Crippen MR) is 77.7 cm³/mol. The Balaban J connectivity index is 2.35. The van der Waals surface area contributed by atoms with Crippen molar-refractivity contribution in [2.75, 3.05) is 6.61 Å². The monoisotopic (exact) mass is 264 g/mol. The third kappa shape index (κ3) is 2.34. The second kappa shape index (κ2) is 4.96. The summed E-state index contributed by atoms with van der Waals surface area (Å²) >= 11 is 0. The molecule has 0 aromatic rings. The molecule has 3 atom stereocenters. The minimum Gasteiger partial charge on any atom is -0.466 e. The van der Waals surface area contributed by atoms with E-state index in [1.165, 1.54) is 19.3 Å². The number of carbonyl (C=O) groups excluding carboxylic acids is 1. The van der Waals surface area contributed by atoms with Gasteiger partial charge in [-0.2, -0.15) is 0 Å². The molecule has 2 saturated carbocycles. The second-order valence-corrected chi connectivity index (χ2v) is 7.28. The summed E-state index contributed by atoms with van der Waals surface area (Å²) in [4.78, 5) is 12.4. The van der Waals surface area contributed by atoms with Crippen LogP contribution < -0.4 is 0 Å². The molecule has 0 aromatic heterocycles. The number of fused-ring (bicyclic) bond motifs is 1. The van der Waals surface area contributed by atoms with Gasteiger partial charge in [-0.25, -0.2) is 0 Å². The first-order valence-electron chi connectivity index (χ1n) is 7.67. The van der Waals surface area contributed by atoms with Crippen LogP contribution in [0.5, 0.6) is 0 Å². The van der Waals surface area contributed by atoms with Gasteiger partial charge >= 0.3 is 5.97 Å². The minimum atomic E-state index is -0.0919. The summed E-state index contributed by atoms with van der Waals surface area (Å²) in [6.45, 7) is 13.6. The predicted octanol–water partition coefficient (Wildman–Crippen LogP) is 4.35. The van der Waals surface area contributed by atoms with E-state index in [1.54, 1.807) is 0 Å². The Morgan fingerprint density at radius 3 is 2.68 bits per heavy atom. The molecule has 2 fully saturated rings. The van der Waals surface area contributed by atoms with Gasteiger partial charge in [0.1, 0.15) is 0 Å². The summed E-state index contributed by atoms with van der Waals surface area (Å²) in [5.41, 5.74) is 1.47. The van der Waals surface area contributed by atoms with Crippen molar-refractivity contribution in [3.8, 4) is 0 Å². The van der Waals surface area contributed by atoms with Gasteiger partial charge in [0.15, 0.2) is 0 Å². The topological polar surface area (TPSA) is 26.3 Å². The van der Waals surface area contributed by atoms with Crippen molar-refractivity contribution < 1.29 is 9.53 Å². The number of esters is 1. The SMILES string of the molecule is C=C1CC[C@H]2C(C)(C)CCC[C@]2(C)C1C(=O)OCC. The molecule has 0 spiro atoms. The van der Waals surface area contributed by atoms with Gasteiger partial charge in [-0.3, -0.25) is 4.79 Å². The fourth-order valence-corrected chi connectivity index (χ4v) is 4.83. The lowest BCUT2D eigenvalue weighted by Crippen LogP contribution is -2.52. The van der Waals surface area contributed by atoms with Gasteiger partial charge < -0.3 is 4.74 Å². The molecule has 19 heavy (non-hydrogen) atoms. The van der Waals surface area contributed by atoms with E-state index in [-0.39, 0.29) is 17.3 Å². The van der Waals surface area contributed by atoms with Gasteiger partial charge in [-0.1, -0.05) is 39.3 Å². The molecule has 0 heterocycles. The molecule has 108 valence electrons. The Morgan fingerprint density at radius 2 is 2.05 bits per heavy atom. The molecule has 2 heteroatoms. The largest absolute Gasteiger partial charge is 0.466 e. The molecular weight excluding hydrogens is 236 g/mol. The minimum absolute atomic E-state index is 0.0441. The lowest BCUT2D eigenvalue weighted by atomic mass is 9.47. The first-order valence-corrected chi connectivity index (χ1v) is 7.67. The number of ether oxygens (including phenoxy) is 1. The maximum Gasteiger partial charge on any atom is 0.313 e. The highest BCUT2D eigenvalue weighted by molar-refractivity contribution is 5.77. The van der Waals surface area contributed by atoms with Crippen molar-refractivity contribution in [2.24, 2.45) is 22.7 Å². The Hall–Kier alpha value is -0.790. The first kappa shape index (κ1) is 14.6. The van der Waals surface area contributed by atoms with Crippen LogP contribution >= 0.6 is 0 Å². The Morgan fingerprint density at radius 1 is 1.37 bits per heavy atom. The van der Waals surface area contributed by atoms with E-state index in [4.69, 9.17) is 4.74 Å². The summed E-state index contributed by atoms with van der Waals surface area (Å²) < 4.78 is 5.33. The zero-order valence-electron chi connectivity index (χ0n) is 12.9. The zero-order chi connectivity index (χ0) is 14.3. The summed E-state index contributed by atoms with van der Waals surface area (Å²) in [5, 5.41) is 0. The lowest BCUT2D eigenvalue weighted by molar-refractivity contribution is -0.158. The first-order chi connectivity index (χ1) is 8.83. The fraction of sp³-hybridized carbons (Fsp3) is 0.824. The molecule has 0 radical (unpaired) electrons. The molecule has 2 aliphatic rings. The van der Waals surface area contributed by atoms with Crippen LogP contribution in [0.1, 0.15) is 59.8 Å². The van der Waals surface area contributed by atoms with Gasteiger partial charge in [-0.05, 0) is 49.4 Å². The zero-order valence-corrected chi connectivity index (χ0v) is 12.9. The number of rotatable bonds is 2. The summed E-state index contributed by atoms with van der Waals surface area (Å²) in [5.74, 6) is 0.469. The average Bonchev–Trinajstić information content (AvgIpc) is 2.27. The second-order valence-electron chi connectivity index (χ2n) is 7.28. The van der Waals surface area contributed by atoms with Gasteiger partial charge in [0.25, 0.3) is 0 Å². The molecule has 1 unspecified atom stereocenters. The molecule has 2 aliphatic carbocycles. The van der Waals surface area contributed by atoms with Crippen molar-refractivity contribution in [3.63, 3.8) is 0 Å². The number of hydrogen-bond acceptors (Lipinski definition) is 2. The molecule has 0 aromatic carbocycles. The molecule has 0 saturated heterocycles. The van der Waals surface area contributed by atoms with Gasteiger partial charge in [0, 0.05) is 0 Å². The highest BCUT2D eigenvalue weighted by Crippen LogP contribution is 2.60. The lowest BCUT2D eigenvalue weighted by Gasteiger charge is -2.56. The average molecular weight is 264 g/mol. The molecular formula is C17H28O2. The Kier molecular flexibility index (Phi) is 3.81. The normalized spacial score (nSPS) is 37.6. The molecule has 2 nitrogen and oxygen atoms in total. The van der Waals surface area contributed by atoms with Gasteiger partial charge in [0.05, 0.1) is 12.5 Å². The Bertz CT molecular complexity index is 383. The van der Waals surface area contributed by atoms with Crippen LogP contribution in [0.3, 0.4) is 0 Å². The van der Waals surface area contributed by atoms with Crippen LogP contribution in [-0.4, -0.2) is 12.6 Å². The summed E-state index contributed by atoms with van der Waals surface area (Å²) in [7, 11) is 0. The Labute approximate surface area is 117 Å². The van der Waals surface area contributed by atoms with Crippen molar-refractivity contribution in [1.82, 2.24) is 0 Å². The van der Waals surface area contributed by atoms with E-state index in [2.05, 4.69) is 27.4 Å². The quantitative estimate of drug-likeness (QED) is 0.547. The molecule has 0 bridgehead atoms. The highest BCUT2D eigenvalue weighted by Gasteiger charge is 2.55. The van der Waals surface area contributed by atoms with Crippen LogP contribution in [0.25, 0.3) is 0 Å². The summed E-state index contributed by atoms with van der Waals surface area (Å²) in [6.07, 6.45) is 5.77. The van der Waals surface area contributed by atoms with Gasteiger partial charge in [0.2, 0.25) is 0 Å². The van der Waals surface area contributed by atoms with E-state index in [9.17, 15) is 4.79 Å². The molecule has 0 amide bonds. The van der Waals surface area contributed by atoms with Crippen molar-refractivity contribution in [2.45, 2.75) is 59.8 Å². The van der Waals surface area contributed by atoms with Gasteiger partial charge in [-0.15, -0.1) is 0 Å². The van der Waals surface area contributed by atoms with E-state index in [1.807, 2.05) is 6.92 Å². The maximum absolute atomic E-state index is 12.4. The van der Waals surface area contributed by atoms with Crippen molar-refractivity contribution >= 4 is 5.97 Å². The van der Waals surface area contributed by atoms with Crippen LogP contribution in [-0.2, 0) is 9.53 Å². The van der Waals surface area contributed by atoms with Crippen LogP contribution in [0, 0.1) is 22.7 Å². The number of hydrogen-bond donors (Lipinski definition) is 0. The van der Waals surface area contributed by atoms with E-state index >= 15 is 0 Å². The third-order valence-electron chi connectivity index (χ3n) is 5.62. The maximum atomic E-state index is 12.4. The van der Waals surface area contributed by atoms with Crippen LogP contribution in [0.2, 0.25) is 0 Å². The number of carbonyl (C=O) groups is 1. The third-order valence-corrected chi connectivity index (χ3v) is 5.62. The molecule has 2 rings (SSSR count). The standard InChI is InChI=1S/C17H28O2/c1-6-19-15(18)14-12(2)8-9-13-16(3,4)10-7-11-17(13,14)5/h13-14H,2,6-11H2,1,3-5H3/t13-,14?,17-/m0/s1. The van der Waals surface area contributed by atoms with Crippen LogP contribution in [0.4, 0.5) is 0 Å². The van der Waals surface area contributed by atoms with E-state index in [0.29, 0.717) is 17.9 Å². The summed E-state index contributed by atoms with van der Waals surface area (Å²) in [6, 6.07) is 0. The van der Waals surface area contributed by atoms with E-state index < -0.39 is 0 Å². The van der Waals surface area contributed by atoms with Crippen molar-refractivity contribution in [3.05, 3.63) is 12.2 Å². The van der Waals surface area contributed by atoms with Crippen LogP contribution in [0.15, 0.2) is 12.2 Å². The molecule has 0 N–H and O–H groups in total.